The van der Waals surface area contributed by atoms with Crippen LogP contribution in [0.2, 0.25) is 0 Å². The molecule has 4 aliphatic heterocycles. The van der Waals surface area contributed by atoms with E-state index in [9.17, 15) is 0 Å². The Morgan fingerprint density at radius 2 is 0.696 bits per heavy atom. The summed E-state index contributed by atoms with van der Waals surface area (Å²) < 4.78 is 17.6. The molecule has 2 atom stereocenters. The maximum Gasteiger partial charge on any atom is 0.156 e. The second-order valence-corrected chi connectivity index (χ2v) is 31.9. The van der Waals surface area contributed by atoms with E-state index in [4.69, 9.17) is 4.74 Å². The summed E-state index contributed by atoms with van der Waals surface area (Å²) in [7, 11) is 0. The molecule has 4 aliphatic rings. The van der Waals surface area contributed by atoms with Gasteiger partial charge in [0.25, 0.3) is 0 Å². The van der Waals surface area contributed by atoms with Crippen LogP contribution < -0.4 is 4.74 Å². The molecule has 8 heterocycles. The van der Waals surface area contributed by atoms with Crippen molar-refractivity contribution in [1.82, 2.24) is 18.3 Å². The first kappa shape index (κ1) is 60.8. The van der Waals surface area contributed by atoms with Crippen LogP contribution in [0.25, 0.3) is 165 Å². The summed E-state index contributed by atoms with van der Waals surface area (Å²) in [5, 5.41) is 14.7. The molecule has 0 saturated heterocycles. The third kappa shape index (κ3) is 7.78. The van der Waals surface area contributed by atoms with E-state index in [0.717, 1.165) is 56.0 Å². The molecule has 0 bridgehead atoms. The molecule has 0 aliphatic carbocycles. The van der Waals surface area contributed by atoms with Gasteiger partial charge in [0, 0.05) is 75.4 Å². The summed E-state index contributed by atoms with van der Waals surface area (Å²) in [5.41, 5.74) is 29.7. The SMILES string of the molecule is c1ccc2c(c1)Oc1c(ccc3c4ccccc4n(-c4ccc(-c5cc(-c6ccc7c(c6)c6cccc8c6n7-c6ccccc6C86c7ccccc7Sc7cc8c(cc76)c6ccccc6n8-c6ccc(-c7cccc8ccccc78)cc6)cc6ccccc56)cc4)c13)C21c2ccccc2-n2c3ccccc3c3cccc1c32. The Kier molecular flexibility index (Phi) is 12.1. The van der Waals surface area contributed by atoms with Crippen molar-refractivity contribution in [1.29, 1.82) is 0 Å². The van der Waals surface area contributed by atoms with Crippen LogP contribution in [-0.2, 0) is 10.8 Å². The Balaban J connectivity index is 0.623. The van der Waals surface area contributed by atoms with Gasteiger partial charge in [-0.25, -0.2) is 0 Å². The highest BCUT2D eigenvalue weighted by Gasteiger charge is 2.53. The second-order valence-electron chi connectivity index (χ2n) is 30.8. The lowest BCUT2D eigenvalue weighted by Crippen LogP contribution is -2.37. The van der Waals surface area contributed by atoms with Crippen LogP contribution >= 0.6 is 11.8 Å². The number of ether oxygens (including phenoxy) is 1. The van der Waals surface area contributed by atoms with Gasteiger partial charge in [0.05, 0.1) is 66.3 Å². The van der Waals surface area contributed by atoms with E-state index in [1.165, 1.54) is 175 Å². The number of para-hydroxylation sites is 8. The van der Waals surface area contributed by atoms with Gasteiger partial charge in [0.1, 0.15) is 5.75 Å². The van der Waals surface area contributed by atoms with Crippen LogP contribution in [0.1, 0.15) is 44.5 Å². The molecule has 4 aromatic heterocycles. The molecule has 518 valence electrons. The van der Waals surface area contributed by atoms with Crippen molar-refractivity contribution in [2.45, 2.75) is 20.6 Å². The highest BCUT2D eigenvalue weighted by atomic mass is 32.2. The fourth-order valence-electron chi connectivity index (χ4n) is 21.2. The minimum Gasteiger partial charge on any atom is -0.454 e. The molecule has 0 radical (unpaired) electrons. The van der Waals surface area contributed by atoms with Gasteiger partial charge in [-0.2, -0.15) is 0 Å². The number of benzene rings is 18. The predicted molar refractivity (Wildman–Crippen MR) is 463 cm³/mol. The van der Waals surface area contributed by atoms with E-state index >= 15 is 0 Å². The van der Waals surface area contributed by atoms with Gasteiger partial charge in [0.2, 0.25) is 0 Å². The lowest BCUT2D eigenvalue weighted by molar-refractivity contribution is 0.438. The van der Waals surface area contributed by atoms with E-state index < -0.39 is 10.8 Å². The summed E-state index contributed by atoms with van der Waals surface area (Å²) in [6, 6.07) is 142. The average Bonchev–Trinajstić information content (AvgIpc) is 1.35. The molecule has 2 spiro atoms. The van der Waals surface area contributed by atoms with Crippen LogP contribution in [0.15, 0.2) is 386 Å². The van der Waals surface area contributed by atoms with E-state index in [1.807, 2.05) is 11.8 Å². The van der Waals surface area contributed by atoms with Crippen molar-refractivity contribution >= 4 is 121 Å². The molecule has 2 unspecified atom stereocenters. The summed E-state index contributed by atoms with van der Waals surface area (Å²) in [4.78, 5) is 2.53. The Morgan fingerprint density at radius 3 is 1.40 bits per heavy atom. The van der Waals surface area contributed by atoms with Crippen molar-refractivity contribution in [2.75, 3.05) is 0 Å². The molecule has 0 saturated carbocycles. The molecule has 0 amide bonds. The number of hydrogen-bond acceptors (Lipinski definition) is 2. The molecule has 26 rings (SSSR count). The summed E-state index contributed by atoms with van der Waals surface area (Å²) >= 11 is 1.91. The number of nitrogens with zero attached hydrogens (tertiary/aromatic N) is 4. The number of rotatable bonds is 5. The van der Waals surface area contributed by atoms with E-state index in [2.05, 4.69) is 394 Å². The third-order valence-corrected chi connectivity index (χ3v) is 26.8. The van der Waals surface area contributed by atoms with Gasteiger partial charge in [0.15, 0.2) is 5.75 Å². The van der Waals surface area contributed by atoms with Crippen LogP contribution in [0.3, 0.4) is 0 Å². The zero-order valence-electron chi connectivity index (χ0n) is 60.4. The van der Waals surface area contributed by atoms with Gasteiger partial charge in [-0.15, -0.1) is 0 Å². The zero-order chi connectivity index (χ0) is 72.8. The molecule has 22 aromatic rings. The quantitative estimate of drug-likeness (QED) is 0.172. The number of hydrogen-bond donors (Lipinski definition) is 0. The minimum atomic E-state index is -0.715. The third-order valence-electron chi connectivity index (χ3n) is 25.6. The topological polar surface area (TPSA) is 28.9 Å². The monoisotopic (exact) mass is 1440 g/mol. The van der Waals surface area contributed by atoms with Crippen LogP contribution in [-0.4, -0.2) is 18.3 Å². The molecule has 0 N–H and O–H groups in total. The average molecular weight is 1440 g/mol. The van der Waals surface area contributed by atoms with E-state index in [1.54, 1.807) is 0 Å². The van der Waals surface area contributed by atoms with Gasteiger partial charge >= 0.3 is 0 Å². The normalized spacial score (nSPS) is 15.6. The Bertz CT molecular complexity index is 7960. The van der Waals surface area contributed by atoms with Crippen LogP contribution in [0.5, 0.6) is 11.5 Å². The van der Waals surface area contributed by atoms with Crippen molar-refractivity contribution in [3.63, 3.8) is 0 Å². The summed E-state index contributed by atoms with van der Waals surface area (Å²) in [6.45, 7) is 0. The highest BCUT2D eigenvalue weighted by molar-refractivity contribution is 7.99. The Morgan fingerprint density at radius 1 is 0.223 bits per heavy atom. The van der Waals surface area contributed by atoms with Crippen molar-refractivity contribution in [3.8, 4) is 67.6 Å². The fourth-order valence-corrected chi connectivity index (χ4v) is 22.4. The maximum absolute atomic E-state index is 7.52. The first-order valence-corrected chi connectivity index (χ1v) is 39.6. The summed E-state index contributed by atoms with van der Waals surface area (Å²) in [5.74, 6) is 1.73. The first-order chi connectivity index (χ1) is 55.6. The van der Waals surface area contributed by atoms with Crippen LogP contribution in [0.4, 0.5) is 0 Å². The number of aromatic nitrogens is 4. The van der Waals surface area contributed by atoms with Gasteiger partial charge in [-0.1, -0.05) is 285 Å². The van der Waals surface area contributed by atoms with Crippen molar-refractivity contribution < 1.29 is 4.74 Å². The highest BCUT2D eigenvalue weighted by Crippen LogP contribution is 2.64. The van der Waals surface area contributed by atoms with Gasteiger partial charge in [-0.3, -0.25) is 0 Å². The smallest absolute Gasteiger partial charge is 0.156 e. The maximum atomic E-state index is 7.52. The second kappa shape index (κ2) is 22.3. The van der Waals surface area contributed by atoms with Crippen molar-refractivity contribution in [2.24, 2.45) is 0 Å². The largest absolute Gasteiger partial charge is 0.454 e. The van der Waals surface area contributed by atoms with Crippen molar-refractivity contribution in [3.05, 3.63) is 421 Å². The zero-order valence-corrected chi connectivity index (χ0v) is 61.2. The molecule has 112 heavy (non-hydrogen) atoms. The Labute approximate surface area is 647 Å². The molecule has 0 fully saturated rings. The minimum absolute atomic E-state index is 0.660. The fraction of sp³-hybridized carbons (Fsp3) is 0.0189. The lowest BCUT2D eigenvalue weighted by atomic mass is 9.61. The molecule has 18 aromatic carbocycles. The molecular formula is C106H62N4OS. The molecule has 5 nitrogen and oxygen atoms in total. The van der Waals surface area contributed by atoms with Gasteiger partial charge < -0.3 is 23.0 Å². The van der Waals surface area contributed by atoms with Crippen LogP contribution in [0, 0.1) is 0 Å². The lowest BCUT2D eigenvalue weighted by Gasteiger charge is -2.45. The summed E-state index contributed by atoms with van der Waals surface area (Å²) in [6.07, 6.45) is 0. The predicted octanol–water partition coefficient (Wildman–Crippen LogP) is 27.3. The Hall–Kier alpha value is -14.2. The van der Waals surface area contributed by atoms with Gasteiger partial charge in [-0.05, 0) is 191 Å². The first-order valence-electron chi connectivity index (χ1n) is 38.8. The van der Waals surface area contributed by atoms with E-state index in [-0.39, 0.29) is 0 Å². The van der Waals surface area contributed by atoms with E-state index in [0.29, 0.717) is 0 Å². The molecule has 6 heteroatoms. The molecular weight excluding hydrogens is 1380 g/mol. The standard InChI is InChI=1S/C106H62N4OS/c1-3-25-71-63(22-1)24-19-30-72(71)64-46-51-69(52-47-64)107-91-39-12-7-29-76(91)82-61-90-100(62-97(82)107)112-99-45-18-11-36-86(99)106(90)84-34-9-16-43-96(84)110-94-57-50-66(59-81(94)78-32-21-38-88(106)102(78)110)68-58-67-23-2-4-26-73(67)80(60-68)65-48-53-70(54-49-65)108-92-40-13-5-28-75(92)79-55-56-89-104(103(79)108)111-98-44-17-10-35-85(98)105(89)83-33-8-15-42-95(83)109-93-41-14-6-27-74(93)77-31-20-37-87(105)101(77)109/h1-62H. The number of fused-ring (bicyclic) bond motifs is 31.